The monoisotopic (exact) mass is 274 g/mol. The zero-order valence-electron chi connectivity index (χ0n) is 12.7. The summed E-state index contributed by atoms with van der Waals surface area (Å²) in [4.78, 5) is 14.4. The Morgan fingerprint density at radius 1 is 1.25 bits per heavy atom. The molecular formula is C17H26N2O. The summed E-state index contributed by atoms with van der Waals surface area (Å²) in [6.07, 6.45) is 4.46. The van der Waals surface area contributed by atoms with Crippen LogP contribution in [0.3, 0.4) is 0 Å². The van der Waals surface area contributed by atoms with Crippen LogP contribution in [-0.2, 0) is 6.42 Å². The Balaban J connectivity index is 1.91. The first kappa shape index (κ1) is 15.0. The number of nitrogens with zero attached hydrogens (tertiary/aromatic N) is 1. The van der Waals surface area contributed by atoms with Gasteiger partial charge in [-0.05, 0) is 56.5 Å². The summed E-state index contributed by atoms with van der Waals surface area (Å²) in [6.45, 7) is 5.02. The van der Waals surface area contributed by atoms with Gasteiger partial charge in [-0.2, -0.15) is 0 Å². The maximum absolute atomic E-state index is 12.4. The van der Waals surface area contributed by atoms with Crippen LogP contribution in [0.5, 0.6) is 0 Å². The molecular weight excluding hydrogens is 248 g/mol. The summed E-state index contributed by atoms with van der Waals surface area (Å²) in [5.41, 5.74) is 2.15. The quantitative estimate of drug-likeness (QED) is 0.895. The summed E-state index contributed by atoms with van der Waals surface area (Å²) >= 11 is 0. The summed E-state index contributed by atoms with van der Waals surface area (Å²) in [5.74, 6) is 0.909. The van der Waals surface area contributed by atoms with Crippen molar-refractivity contribution in [3.05, 3.63) is 35.4 Å². The topological polar surface area (TPSA) is 32.3 Å². The van der Waals surface area contributed by atoms with E-state index in [0.29, 0.717) is 0 Å². The van der Waals surface area contributed by atoms with E-state index in [9.17, 15) is 4.79 Å². The van der Waals surface area contributed by atoms with E-state index in [1.54, 1.807) is 0 Å². The van der Waals surface area contributed by atoms with E-state index in [1.807, 2.05) is 24.1 Å². The Labute approximate surface area is 122 Å². The molecule has 0 aromatic heterocycles. The number of carbonyl (C=O) groups excluding carboxylic acids is 1. The average molecular weight is 274 g/mol. The molecule has 1 fully saturated rings. The number of benzene rings is 1. The normalized spacial score (nSPS) is 16.4. The van der Waals surface area contributed by atoms with Gasteiger partial charge in [-0.15, -0.1) is 0 Å². The third-order valence-electron chi connectivity index (χ3n) is 4.13. The zero-order chi connectivity index (χ0) is 14.4. The van der Waals surface area contributed by atoms with Crippen molar-refractivity contribution in [3.63, 3.8) is 0 Å². The number of hydrogen-bond acceptors (Lipinski definition) is 2. The predicted octanol–water partition coefficient (Wildman–Crippen LogP) is 2.71. The summed E-state index contributed by atoms with van der Waals surface area (Å²) in [6, 6.07) is 8.13. The number of nitrogens with one attached hydrogen (secondary N) is 1. The van der Waals surface area contributed by atoms with Gasteiger partial charge in [-0.3, -0.25) is 4.79 Å². The van der Waals surface area contributed by atoms with Crippen LogP contribution in [0, 0.1) is 5.92 Å². The third-order valence-corrected chi connectivity index (χ3v) is 4.13. The highest BCUT2D eigenvalue weighted by Crippen LogP contribution is 2.18. The van der Waals surface area contributed by atoms with Crippen molar-refractivity contribution in [2.45, 2.75) is 32.6 Å². The minimum Gasteiger partial charge on any atom is -0.339 e. The second kappa shape index (κ2) is 7.44. The van der Waals surface area contributed by atoms with Gasteiger partial charge >= 0.3 is 0 Å². The van der Waals surface area contributed by atoms with Crippen LogP contribution >= 0.6 is 0 Å². The SMILES string of the molecule is CCCc1ccc(C(=O)N2CCC(CNC)CC2)cc1. The molecule has 0 radical (unpaired) electrons. The fourth-order valence-electron chi connectivity index (χ4n) is 2.91. The number of amides is 1. The fourth-order valence-corrected chi connectivity index (χ4v) is 2.91. The Morgan fingerprint density at radius 2 is 1.90 bits per heavy atom. The lowest BCUT2D eigenvalue weighted by Crippen LogP contribution is -2.40. The fraction of sp³-hybridized carbons (Fsp3) is 0.588. The molecule has 1 N–H and O–H groups in total. The van der Waals surface area contributed by atoms with Gasteiger partial charge in [0.25, 0.3) is 5.91 Å². The minimum absolute atomic E-state index is 0.191. The summed E-state index contributed by atoms with van der Waals surface area (Å²) < 4.78 is 0. The van der Waals surface area contributed by atoms with E-state index >= 15 is 0 Å². The molecule has 0 aliphatic carbocycles. The van der Waals surface area contributed by atoms with E-state index in [1.165, 1.54) is 5.56 Å². The van der Waals surface area contributed by atoms with Crippen molar-refractivity contribution >= 4 is 5.91 Å². The van der Waals surface area contributed by atoms with Crippen LogP contribution in [0.2, 0.25) is 0 Å². The molecule has 3 heteroatoms. The highest BCUT2D eigenvalue weighted by molar-refractivity contribution is 5.94. The molecule has 20 heavy (non-hydrogen) atoms. The third kappa shape index (κ3) is 3.83. The maximum atomic E-state index is 12.4. The Bertz CT molecular complexity index is 419. The van der Waals surface area contributed by atoms with Gasteiger partial charge in [-0.1, -0.05) is 25.5 Å². The first-order valence-corrected chi connectivity index (χ1v) is 7.77. The Morgan fingerprint density at radius 3 is 2.45 bits per heavy atom. The lowest BCUT2D eigenvalue weighted by atomic mass is 9.96. The van der Waals surface area contributed by atoms with Crippen molar-refractivity contribution < 1.29 is 4.79 Å². The van der Waals surface area contributed by atoms with E-state index in [0.717, 1.165) is 56.8 Å². The van der Waals surface area contributed by atoms with Gasteiger partial charge in [0.2, 0.25) is 0 Å². The number of piperidine rings is 1. The lowest BCUT2D eigenvalue weighted by molar-refractivity contribution is 0.0691. The number of aryl methyl sites for hydroxylation is 1. The summed E-state index contributed by atoms with van der Waals surface area (Å²) in [5, 5.41) is 3.23. The molecule has 0 unspecified atom stereocenters. The van der Waals surface area contributed by atoms with Crippen molar-refractivity contribution in [1.29, 1.82) is 0 Å². The van der Waals surface area contributed by atoms with Crippen molar-refractivity contribution in [3.8, 4) is 0 Å². The first-order valence-electron chi connectivity index (χ1n) is 7.77. The highest BCUT2D eigenvalue weighted by Gasteiger charge is 2.23. The molecule has 0 atom stereocenters. The Hall–Kier alpha value is -1.35. The number of likely N-dealkylation sites (tertiary alicyclic amines) is 1. The standard InChI is InChI=1S/C17H26N2O/c1-3-4-14-5-7-16(8-6-14)17(20)19-11-9-15(10-12-19)13-18-2/h5-8,15,18H,3-4,9-13H2,1-2H3. The van der Waals surface area contributed by atoms with Crippen molar-refractivity contribution in [2.75, 3.05) is 26.7 Å². The van der Waals surface area contributed by atoms with Gasteiger partial charge in [-0.25, -0.2) is 0 Å². The molecule has 3 nitrogen and oxygen atoms in total. The van der Waals surface area contributed by atoms with Gasteiger partial charge in [0.15, 0.2) is 0 Å². The molecule has 1 heterocycles. The number of rotatable bonds is 5. The second-order valence-corrected chi connectivity index (χ2v) is 5.74. The van der Waals surface area contributed by atoms with Gasteiger partial charge < -0.3 is 10.2 Å². The predicted molar refractivity (Wildman–Crippen MR) is 83.0 cm³/mol. The van der Waals surface area contributed by atoms with Crippen LogP contribution < -0.4 is 5.32 Å². The van der Waals surface area contributed by atoms with E-state index in [2.05, 4.69) is 24.4 Å². The molecule has 0 saturated carbocycles. The maximum Gasteiger partial charge on any atom is 0.253 e. The minimum atomic E-state index is 0.191. The van der Waals surface area contributed by atoms with Crippen molar-refractivity contribution in [1.82, 2.24) is 10.2 Å². The van der Waals surface area contributed by atoms with Crippen LogP contribution in [-0.4, -0.2) is 37.5 Å². The molecule has 2 rings (SSSR count). The van der Waals surface area contributed by atoms with Crippen LogP contribution in [0.1, 0.15) is 42.1 Å². The van der Waals surface area contributed by atoms with Gasteiger partial charge in [0, 0.05) is 18.7 Å². The average Bonchev–Trinajstić information content (AvgIpc) is 2.49. The van der Waals surface area contributed by atoms with Crippen LogP contribution in [0.4, 0.5) is 0 Å². The van der Waals surface area contributed by atoms with E-state index < -0.39 is 0 Å². The molecule has 1 amide bonds. The highest BCUT2D eigenvalue weighted by atomic mass is 16.2. The van der Waals surface area contributed by atoms with Gasteiger partial charge in [0.05, 0.1) is 0 Å². The number of hydrogen-bond donors (Lipinski definition) is 1. The first-order chi connectivity index (χ1) is 9.74. The molecule has 110 valence electrons. The molecule has 0 spiro atoms. The van der Waals surface area contributed by atoms with Crippen molar-refractivity contribution in [2.24, 2.45) is 5.92 Å². The lowest BCUT2D eigenvalue weighted by Gasteiger charge is -2.32. The molecule has 0 bridgehead atoms. The number of carbonyl (C=O) groups is 1. The smallest absolute Gasteiger partial charge is 0.253 e. The zero-order valence-corrected chi connectivity index (χ0v) is 12.7. The van der Waals surface area contributed by atoms with Gasteiger partial charge in [0.1, 0.15) is 0 Å². The van der Waals surface area contributed by atoms with E-state index in [-0.39, 0.29) is 5.91 Å². The van der Waals surface area contributed by atoms with E-state index in [4.69, 9.17) is 0 Å². The molecule has 1 aromatic carbocycles. The second-order valence-electron chi connectivity index (χ2n) is 5.74. The van der Waals surface area contributed by atoms with Crippen LogP contribution in [0.25, 0.3) is 0 Å². The molecule has 1 aliphatic heterocycles. The Kier molecular flexibility index (Phi) is 5.60. The summed E-state index contributed by atoms with van der Waals surface area (Å²) in [7, 11) is 2.00. The molecule has 1 aromatic rings. The molecule has 1 saturated heterocycles. The molecule has 1 aliphatic rings. The van der Waals surface area contributed by atoms with Crippen LogP contribution in [0.15, 0.2) is 24.3 Å². The largest absolute Gasteiger partial charge is 0.339 e.